The molecule has 0 spiro atoms. The van der Waals surface area contributed by atoms with Gasteiger partial charge in [-0.05, 0) is 53.5 Å². The Hall–Kier alpha value is -0.940. The van der Waals surface area contributed by atoms with E-state index < -0.39 is 0 Å². The molecule has 104 valence electrons. The highest BCUT2D eigenvalue weighted by Gasteiger charge is 2.40. The number of hydrogen-bond donors (Lipinski definition) is 2. The zero-order valence-corrected chi connectivity index (χ0v) is 12.5. The minimum Gasteiger partial charge on any atom is -0.324 e. The molecule has 1 heterocycles. The van der Waals surface area contributed by atoms with Crippen LogP contribution >= 0.6 is 15.9 Å². The molecule has 19 heavy (non-hydrogen) atoms. The lowest BCUT2D eigenvalue weighted by molar-refractivity contribution is -0.125. The zero-order valence-electron chi connectivity index (χ0n) is 10.9. The summed E-state index contributed by atoms with van der Waals surface area (Å²) < 4.78 is 13.9. The summed E-state index contributed by atoms with van der Waals surface area (Å²) in [6.07, 6.45) is 2.64. The minimum atomic E-state index is -0.361. The van der Waals surface area contributed by atoms with E-state index in [1.807, 2.05) is 0 Å². The third kappa shape index (κ3) is 3.15. The van der Waals surface area contributed by atoms with Gasteiger partial charge in [0.15, 0.2) is 0 Å². The van der Waals surface area contributed by atoms with E-state index in [4.69, 9.17) is 0 Å². The van der Waals surface area contributed by atoms with Crippen molar-refractivity contribution >= 4 is 27.5 Å². The normalized spacial score (nSPS) is 22.5. The molecular weight excluding hydrogens is 311 g/mol. The van der Waals surface area contributed by atoms with Gasteiger partial charge in [0.05, 0.1) is 11.1 Å². The van der Waals surface area contributed by atoms with E-state index in [9.17, 15) is 9.18 Å². The number of benzene rings is 1. The number of amides is 1. The van der Waals surface area contributed by atoms with Crippen molar-refractivity contribution in [3.05, 3.63) is 28.5 Å². The minimum absolute atomic E-state index is 0.0225. The van der Waals surface area contributed by atoms with Crippen LogP contribution in [0.2, 0.25) is 0 Å². The molecule has 1 aromatic rings. The number of nitrogens with one attached hydrogen (secondary N) is 2. The van der Waals surface area contributed by atoms with Gasteiger partial charge in [-0.15, -0.1) is 0 Å². The maximum Gasteiger partial charge on any atom is 0.231 e. The van der Waals surface area contributed by atoms with Crippen molar-refractivity contribution in [1.29, 1.82) is 0 Å². The molecule has 0 bridgehead atoms. The monoisotopic (exact) mass is 328 g/mol. The van der Waals surface area contributed by atoms with E-state index in [0.29, 0.717) is 16.7 Å². The summed E-state index contributed by atoms with van der Waals surface area (Å²) in [6.45, 7) is 3.63. The molecule has 0 aliphatic carbocycles. The van der Waals surface area contributed by atoms with Crippen molar-refractivity contribution in [3.63, 3.8) is 0 Å². The van der Waals surface area contributed by atoms with Gasteiger partial charge in [-0.25, -0.2) is 4.39 Å². The highest BCUT2D eigenvalue weighted by Crippen LogP contribution is 2.33. The van der Waals surface area contributed by atoms with Crippen molar-refractivity contribution < 1.29 is 9.18 Å². The highest BCUT2D eigenvalue weighted by atomic mass is 79.9. The topological polar surface area (TPSA) is 41.1 Å². The van der Waals surface area contributed by atoms with Crippen LogP contribution in [0, 0.1) is 11.2 Å². The predicted molar refractivity (Wildman–Crippen MR) is 77.6 cm³/mol. The van der Waals surface area contributed by atoms with E-state index in [2.05, 4.69) is 33.5 Å². The van der Waals surface area contributed by atoms with Crippen molar-refractivity contribution in [3.8, 4) is 0 Å². The molecule has 0 radical (unpaired) electrons. The molecule has 0 saturated carbocycles. The van der Waals surface area contributed by atoms with Gasteiger partial charge in [0.25, 0.3) is 0 Å². The first-order valence-electron chi connectivity index (χ1n) is 6.54. The molecule has 3 nitrogen and oxygen atoms in total. The summed E-state index contributed by atoms with van der Waals surface area (Å²) in [5.41, 5.74) is 0.132. The molecule has 2 N–H and O–H groups in total. The molecule has 1 aromatic carbocycles. The average molecular weight is 329 g/mol. The fourth-order valence-corrected chi connectivity index (χ4v) is 2.94. The Morgan fingerprint density at radius 3 is 3.00 bits per heavy atom. The van der Waals surface area contributed by atoms with Crippen molar-refractivity contribution in [2.75, 3.05) is 18.4 Å². The summed E-state index contributed by atoms with van der Waals surface area (Å²) in [7, 11) is 0. The molecule has 1 saturated heterocycles. The Kier molecular flexibility index (Phi) is 4.58. The number of anilines is 1. The second-order valence-electron chi connectivity index (χ2n) is 5.04. The van der Waals surface area contributed by atoms with Crippen LogP contribution in [0.4, 0.5) is 10.1 Å². The van der Waals surface area contributed by atoms with Gasteiger partial charge in [0.2, 0.25) is 5.91 Å². The van der Waals surface area contributed by atoms with Gasteiger partial charge >= 0.3 is 0 Å². The summed E-state index contributed by atoms with van der Waals surface area (Å²) in [4.78, 5) is 12.5. The molecule has 1 aliphatic rings. The maximum absolute atomic E-state index is 13.2. The third-order valence-electron chi connectivity index (χ3n) is 3.63. The van der Waals surface area contributed by atoms with Crippen LogP contribution < -0.4 is 10.6 Å². The Morgan fingerprint density at radius 2 is 2.37 bits per heavy atom. The van der Waals surface area contributed by atoms with Gasteiger partial charge in [0.1, 0.15) is 5.82 Å². The summed E-state index contributed by atoms with van der Waals surface area (Å²) in [6, 6.07) is 4.30. The molecule has 2 rings (SSSR count). The number of rotatable bonds is 4. The Labute approximate surface area is 121 Å². The second-order valence-corrected chi connectivity index (χ2v) is 5.89. The van der Waals surface area contributed by atoms with E-state index in [1.54, 1.807) is 6.07 Å². The standard InChI is InChI=1S/C14H18BrFN2O/c1-2-5-14(6-7-17-9-14)13(19)18-12-8-10(16)3-4-11(12)15/h3-4,8,17H,2,5-7,9H2,1H3,(H,18,19). The summed E-state index contributed by atoms with van der Waals surface area (Å²) in [5, 5.41) is 6.10. The van der Waals surface area contributed by atoms with E-state index >= 15 is 0 Å². The second kappa shape index (κ2) is 6.01. The van der Waals surface area contributed by atoms with Crippen molar-refractivity contribution in [1.82, 2.24) is 5.32 Å². The molecule has 1 atom stereocenters. The van der Waals surface area contributed by atoms with Gasteiger partial charge in [-0.1, -0.05) is 13.3 Å². The van der Waals surface area contributed by atoms with Crippen LogP contribution in [0.3, 0.4) is 0 Å². The fourth-order valence-electron chi connectivity index (χ4n) is 2.59. The molecule has 1 fully saturated rings. The zero-order chi connectivity index (χ0) is 13.9. The number of carbonyl (C=O) groups excluding carboxylic acids is 1. The van der Waals surface area contributed by atoms with Gasteiger partial charge < -0.3 is 10.6 Å². The lowest BCUT2D eigenvalue weighted by Gasteiger charge is -2.26. The first-order valence-corrected chi connectivity index (χ1v) is 7.34. The van der Waals surface area contributed by atoms with Crippen molar-refractivity contribution in [2.45, 2.75) is 26.2 Å². The molecule has 1 aliphatic heterocycles. The smallest absolute Gasteiger partial charge is 0.231 e. The highest BCUT2D eigenvalue weighted by molar-refractivity contribution is 9.10. The van der Waals surface area contributed by atoms with Crippen LogP contribution in [0.5, 0.6) is 0 Å². The first-order chi connectivity index (χ1) is 9.07. The van der Waals surface area contributed by atoms with Crippen LogP contribution in [-0.2, 0) is 4.79 Å². The van der Waals surface area contributed by atoms with Crippen LogP contribution in [0.15, 0.2) is 22.7 Å². The van der Waals surface area contributed by atoms with Crippen LogP contribution in [0.1, 0.15) is 26.2 Å². The first kappa shape index (κ1) is 14.5. The molecule has 0 aromatic heterocycles. The van der Waals surface area contributed by atoms with Gasteiger partial charge in [0, 0.05) is 11.0 Å². The lowest BCUT2D eigenvalue weighted by Crippen LogP contribution is -2.38. The van der Waals surface area contributed by atoms with Crippen molar-refractivity contribution in [2.24, 2.45) is 5.41 Å². The molecule has 1 amide bonds. The SMILES string of the molecule is CCCC1(C(=O)Nc2cc(F)ccc2Br)CCNC1. The van der Waals surface area contributed by atoms with E-state index in [-0.39, 0.29) is 17.1 Å². The summed E-state index contributed by atoms with van der Waals surface area (Å²) in [5.74, 6) is -0.377. The predicted octanol–water partition coefficient (Wildman–Crippen LogP) is 3.31. The largest absolute Gasteiger partial charge is 0.324 e. The summed E-state index contributed by atoms with van der Waals surface area (Å²) >= 11 is 3.33. The van der Waals surface area contributed by atoms with Crippen LogP contribution in [0.25, 0.3) is 0 Å². The van der Waals surface area contributed by atoms with E-state index in [0.717, 1.165) is 25.8 Å². The number of carbonyl (C=O) groups is 1. The van der Waals surface area contributed by atoms with Crippen LogP contribution in [-0.4, -0.2) is 19.0 Å². The molecule has 1 unspecified atom stereocenters. The lowest BCUT2D eigenvalue weighted by atomic mass is 9.81. The third-order valence-corrected chi connectivity index (χ3v) is 4.32. The van der Waals surface area contributed by atoms with Gasteiger partial charge in [-0.3, -0.25) is 4.79 Å². The quantitative estimate of drug-likeness (QED) is 0.890. The fraction of sp³-hybridized carbons (Fsp3) is 0.500. The Bertz CT molecular complexity index is 473. The average Bonchev–Trinajstić information content (AvgIpc) is 2.84. The molecule has 5 heteroatoms. The van der Waals surface area contributed by atoms with E-state index in [1.165, 1.54) is 12.1 Å². The van der Waals surface area contributed by atoms with Gasteiger partial charge in [-0.2, -0.15) is 0 Å². The Balaban J connectivity index is 2.17. The maximum atomic E-state index is 13.2. The number of halogens is 2. The molecular formula is C14H18BrFN2O. The number of hydrogen-bond acceptors (Lipinski definition) is 2. The Morgan fingerprint density at radius 1 is 1.58 bits per heavy atom.